The van der Waals surface area contributed by atoms with Crippen molar-refractivity contribution in [3.8, 4) is 11.5 Å². The topological polar surface area (TPSA) is 27.7 Å². The van der Waals surface area contributed by atoms with Gasteiger partial charge in [-0.3, -0.25) is 0 Å². The van der Waals surface area contributed by atoms with E-state index in [0.29, 0.717) is 0 Å². The lowest BCUT2D eigenvalue weighted by Crippen LogP contribution is -2.25. The maximum atomic E-state index is 5.90. The summed E-state index contributed by atoms with van der Waals surface area (Å²) < 4.78 is 17.3. The van der Waals surface area contributed by atoms with E-state index in [0.717, 1.165) is 42.0 Å². The van der Waals surface area contributed by atoms with Gasteiger partial charge in [-0.05, 0) is 34.1 Å². The van der Waals surface area contributed by atoms with Crippen molar-refractivity contribution in [1.82, 2.24) is 0 Å². The van der Waals surface area contributed by atoms with E-state index in [-0.39, 0.29) is 6.10 Å². The summed E-state index contributed by atoms with van der Waals surface area (Å²) in [5.74, 6) is 1.69. The zero-order valence-electron chi connectivity index (χ0n) is 9.24. The van der Waals surface area contributed by atoms with Gasteiger partial charge in [0.2, 0.25) is 0 Å². The Hall–Kier alpha value is -0.740. The van der Waals surface area contributed by atoms with Crippen LogP contribution in [0.2, 0.25) is 0 Å². The normalized spacial score (nSPS) is 17.1. The van der Waals surface area contributed by atoms with Gasteiger partial charge >= 0.3 is 0 Å². The Balaban J connectivity index is 2.03. The highest BCUT2D eigenvalue weighted by atomic mass is 79.9. The molecule has 0 N–H and O–H groups in total. The third-order valence-electron chi connectivity index (χ3n) is 2.60. The van der Waals surface area contributed by atoms with E-state index in [1.807, 2.05) is 18.2 Å². The molecule has 0 aliphatic carbocycles. The summed E-state index contributed by atoms with van der Waals surface area (Å²) in [6.07, 6.45) is 2.18. The average Bonchev–Trinajstić information content (AvgIpc) is 2.33. The minimum atomic E-state index is 0.262. The number of rotatable bonds is 3. The highest BCUT2D eigenvalue weighted by Crippen LogP contribution is 2.30. The first kappa shape index (κ1) is 11.7. The van der Waals surface area contributed by atoms with Crippen LogP contribution in [-0.4, -0.2) is 26.4 Å². The molecule has 16 heavy (non-hydrogen) atoms. The fourth-order valence-corrected chi connectivity index (χ4v) is 2.13. The van der Waals surface area contributed by atoms with Gasteiger partial charge in [-0.15, -0.1) is 0 Å². The van der Waals surface area contributed by atoms with Gasteiger partial charge in [0.25, 0.3) is 0 Å². The summed E-state index contributed by atoms with van der Waals surface area (Å²) in [6.45, 7) is 1.58. The maximum Gasteiger partial charge on any atom is 0.134 e. The van der Waals surface area contributed by atoms with Crippen LogP contribution in [0.5, 0.6) is 11.5 Å². The fourth-order valence-electron chi connectivity index (χ4n) is 1.68. The van der Waals surface area contributed by atoms with Gasteiger partial charge in [0, 0.05) is 12.8 Å². The van der Waals surface area contributed by atoms with Crippen LogP contribution in [0, 0.1) is 0 Å². The van der Waals surface area contributed by atoms with Crippen molar-refractivity contribution < 1.29 is 14.2 Å². The predicted octanol–water partition coefficient (Wildman–Crippen LogP) is 3.02. The van der Waals surface area contributed by atoms with Crippen molar-refractivity contribution in [1.29, 1.82) is 0 Å². The van der Waals surface area contributed by atoms with Gasteiger partial charge in [0.05, 0.1) is 24.8 Å². The molecule has 0 amide bonds. The van der Waals surface area contributed by atoms with Gasteiger partial charge in [0.15, 0.2) is 0 Å². The zero-order valence-corrected chi connectivity index (χ0v) is 10.8. The smallest absolute Gasteiger partial charge is 0.134 e. The Morgan fingerprint density at radius 2 is 2.06 bits per heavy atom. The molecule has 0 atom stereocenters. The molecule has 1 fully saturated rings. The molecule has 3 nitrogen and oxygen atoms in total. The van der Waals surface area contributed by atoms with Crippen molar-refractivity contribution in [2.75, 3.05) is 20.3 Å². The number of hydrogen-bond acceptors (Lipinski definition) is 3. The first-order chi connectivity index (χ1) is 7.79. The Bertz CT molecular complexity index is 348. The number of benzene rings is 1. The molecule has 0 radical (unpaired) electrons. The van der Waals surface area contributed by atoms with E-state index in [4.69, 9.17) is 14.2 Å². The van der Waals surface area contributed by atoms with Crippen molar-refractivity contribution >= 4 is 15.9 Å². The monoisotopic (exact) mass is 286 g/mol. The number of ether oxygens (including phenoxy) is 3. The van der Waals surface area contributed by atoms with Crippen LogP contribution in [-0.2, 0) is 4.74 Å². The molecule has 0 spiro atoms. The fraction of sp³-hybridized carbons (Fsp3) is 0.500. The molecule has 0 bridgehead atoms. The van der Waals surface area contributed by atoms with Crippen molar-refractivity contribution in [2.45, 2.75) is 18.9 Å². The quantitative estimate of drug-likeness (QED) is 0.855. The Labute approximate surface area is 104 Å². The molecule has 0 aromatic heterocycles. The number of methoxy groups -OCH3 is 1. The van der Waals surface area contributed by atoms with Crippen LogP contribution in [0.25, 0.3) is 0 Å². The molecular formula is C12H15BrO3. The molecule has 4 heteroatoms. The summed E-state index contributed by atoms with van der Waals surface area (Å²) >= 11 is 3.48. The molecule has 1 aliphatic rings. The third-order valence-corrected chi connectivity index (χ3v) is 3.22. The van der Waals surface area contributed by atoms with Crippen LogP contribution in [0.1, 0.15) is 12.8 Å². The summed E-state index contributed by atoms with van der Waals surface area (Å²) in [6, 6.07) is 5.74. The number of halogens is 1. The van der Waals surface area contributed by atoms with Crippen LogP contribution in [0.4, 0.5) is 0 Å². The van der Waals surface area contributed by atoms with Crippen molar-refractivity contribution in [2.24, 2.45) is 0 Å². The second kappa shape index (κ2) is 5.55. The van der Waals surface area contributed by atoms with Gasteiger partial charge in [-0.2, -0.15) is 0 Å². The molecule has 1 saturated heterocycles. The minimum absolute atomic E-state index is 0.262. The lowest BCUT2D eigenvalue weighted by atomic mass is 10.1. The summed E-state index contributed by atoms with van der Waals surface area (Å²) in [5, 5.41) is 0. The molecule has 0 saturated carbocycles. The molecular weight excluding hydrogens is 272 g/mol. The van der Waals surface area contributed by atoms with Crippen LogP contribution in [0.15, 0.2) is 22.7 Å². The second-order valence-corrected chi connectivity index (χ2v) is 4.58. The predicted molar refractivity (Wildman–Crippen MR) is 65.2 cm³/mol. The molecule has 1 aromatic rings. The summed E-state index contributed by atoms with van der Waals surface area (Å²) in [7, 11) is 1.65. The maximum absolute atomic E-state index is 5.90. The molecule has 88 valence electrons. The van der Waals surface area contributed by atoms with Gasteiger partial charge in [-0.1, -0.05) is 0 Å². The van der Waals surface area contributed by atoms with E-state index >= 15 is 0 Å². The van der Waals surface area contributed by atoms with E-state index in [2.05, 4.69) is 15.9 Å². The second-order valence-electron chi connectivity index (χ2n) is 3.73. The van der Waals surface area contributed by atoms with E-state index < -0.39 is 0 Å². The Morgan fingerprint density at radius 1 is 1.31 bits per heavy atom. The van der Waals surface area contributed by atoms with Gasteiger partial charge < -0.3 is 14.2 Å². The highest BCUT2D eigenvalue weighted by Gasteiger charge is 2.16. The molecule has 1 aliphatic heterocycles. The molecule has 1 heterocycles. The zero-order chi connectivity index (χ0) is 11.4. The molecule has 0 unspecified atom stereocenters. The average molecular weight is 287 g/mol. The van der Waals surface area contributed by atoms with Crippen molar-refractivity contribution in [3.63, 3.8) is 0 Å². The Morgan fingerprint density at radius 3 is 2.69 bits per heavy atom. The molecule has 1 aromatic carbocycles. The van der Waals surface area contributed by atoms with E-state index in [1.54, 1.807) is 7.11 Å². The SMILES string of the molecule is COc1ccc(OC2CCOCC2)c(Br)c1. The summed E-state index contributed by atoms with van der Waals surface area (Å²) in [5.41, 5.74) is 0. The number of hydrogen-bond donors (Lipinski definition) is 0. The third kappa shape index (κ3) is 2.89. The van der Waals surface area contributed by atoms with Crippen molar-refractivity contribution in [3.05, 3.63) is 22.7 Å². The highest BCUT2D eigenvalue weighted by molar-refractivity contribution is 9.10. The van der Waals surface area contributed by atoms with Crippen LogP contribution in [0.3, 0.4) is 0 Å². The lowest BCUT2D eigenvalue weighted by molar-refractivity contribution is 0.0252. The van der Waals surface area contributed by atoms with Gasteiger partial charge in [0.1, 0.15) is 17.6 Å². The van der Waals surface area contributed by atoms with Crippen LogP contribution < -0.4 is 9.47 Å². The van der Waals surface area contributed by atoms with E-state index in [1.165, 1.54) is 0 Å². The first-order valence-corrected chi connectivity index (χ1v) is 6.17. The summed E-state index contributed by atoms with van der Waals surface area (Å²) in [4.78, 5) is 0. The standard InChI is InChI=1S/C12H15BrO3/c1-14-10-2-3-12(11(13)8-10)16-9-4-6-15-7-5-9/h2-3,8-9H,4-7H2,1H3. The molecule has 2 rings (SSSR count). The largest absolute Gasteiger partial charge is 0.497 e. The minimum Gasteiger partial charge on any atom is -0.497 e. The van der Waals surface area contributed by atoms with Crippen LogP contribution >= 0.6 is 15.9 Å². The van der Waals surface area contributed by atoms with Gasteiger partial charge in [-0.25, -0.2) is 0 Å². The first-order valence-electron chi connectivity index (χ1n) is 5.37. The van der Waals surface area contributed by atoms with E-state index in [9.17, 15) is 0 Å². The lowest BCUT2D eigenvalue weighted by Gasteiger charge is -2.23. The Kier molecular flexibility index (Phi) is 4.07.